The van der Waals surface area contributed by atoms with Crippen molar-refractivity contribution in [1.82, 2.24) is 10.2 Å². The summed E-state index contributed by atoms with van der Waals surface area (Å²) in [5, 5.41) is 5.58. The number of carbonyl (C=O) groups is 1. The van der Waals surface area contributed by atoms with Crippen LogP contribution in [0.1, 0.15) is 44.7 Å². The maximum absolute atomic E-state index is 12.8. The summed E-state index contributed by atoms with van der Waals surface area (Å²) in [5.41, 5.74) is 0. The molecule has 1 aromatic heterocycles. The number of ether oxygens (including phenoxy) is 1. The van der Waals surface area contributed by atoms with E-state index in [4.69, 9.17) is 4.74 Å². The standard InChI is InChI=1S/C16H26N2O2S/c1-5-7-12-16(19)18(13(10-20-4)11(2)3)15(17-12)14-8-6-9-21-14/h6,8-9,11-13,15,17H,5,7,10H2,1-4H3. The van der Waals surface area contributed by atoms with E-state index in [1.165, 1.54) is 4.88 Å². The van der Waals surface area contributed by atoms with Crippen LogP contribution in [0.4, 0.5) is 0 Å². The summed E-state index contributed by atoms with van der Waals surface area (Å²) in [6.07, 6.45) is 1.87. The fraction of sp³-hybridized carbons (Fsp3) is 0.688. The lowest BCUT2D eigenvalue weighted by atomic mass is 10.0. The molecule has 1 N–H and O–H groups in total. The lowest BCUT2D eigenvalue weighted by Gasteiger charge is -2.34. The van der Waals surface area contributed by atoms with Gasteiger partial charge in [0.25, 0.3) is 0 Å². The van der Waals surface area contributed by atoms with Crippen LogP contribution in [0, 0.1) is 5.92 Å². The van der Waals surface area contributed by atoms with Gasteiger partial charge in [0.1, 0.15) is 6.17 Å². The van der Waals surface area contributed by atoms with Crippen molar-refractivity contribution < 1.29 is 9.53 Å². The smallest absolute Gasteiger partial charge is 0.241 e. The summed E-state index contributed by atoms with van der Waals surface area (Å²) in [4.78, 5) is 16.0. The van der Waals surface area contributed by atoms with E-state index in [0.717, 1.165) is 12.8 Å². The molecule has 0 spiro atoms. The number of hydrogen-bond acceptors (Lipinski definition) is 4. The van der Waals surface area contributed by atoms with Gasteiger partial charge in [0.05, 0.1) is 18.7 Å². The molecule has 2 heterocycles. The van der Waals surface area contributed by atoms with Crippen LogP contribution in [0.3, 0.4) is 0 Å². The van der Waals surface area contributed by atoms with Crippen LogP contribution in [-0.4, -0.2) is 36.6 Å². The summed E-state index contributed by atoms with van der Waals surface area (Å²) in [5.74, 6) is 0.574. The highest BCUT2D eigenvalue weighted by Crippen LogP contribution is 2.33. The Balaban J connectivity index is 2.29. The van der Waals surface area contributed by atoms with Crippen molar-refractivity contribution in [3.8, 4) is 0 Å². The zero-order chi connectivity index (χ0) is 15.4. The van der Waals surface area contributed by atoms with Crippen molar-refractivity contribution in [2.75, 3.05) is 13.7 Å². The van der Waals surface area contributed by atoms with E-state index < -0.39 is 0 Å². The van der Waals surface area contributed by atoms with E-state index in [0.29, 0.717) is 12.5 Å². The van der Waals surface area contributed by atoms with Gasteiger partial charge in [-0.1, -0.05) is 33.3 Å². The lowest BCUT2D eigenvalue weighted by molar-refractivity contribution is -0.134. The quantitative estimate of drug-likeness (QED) is 0.842. The molecular formula is C16H26N2O2S. The molecule has 2 rings (SSSR count). The lowest BCUT2D eigenvalue weighted by Crippen LogP contribution is -2.45. The second kappa shape index (κ2) is 7.38. The van der Waals surface area contributed by atoms with Gasteiger partial charge < -0.3 is 9.64 Å². The zero-order valence-corrected chi connectivity index (χ0v) is 14.2. The molecule has 1 aliphatic heterocycles. The number of nitrogens with one attached hydrogen (secondary N) is 1. The van der Waals surface area contributed by atoms with Gasteiger partial charge in [-0.2, -0.15) is 0 Å². The highest BCUT2D eigenvalue weighted by molar-refractivity contribution is 7.10. The zero-order valence-electron chi connectivity index (χ0n) is 13.3. The third-order valence-electron chi connectivity index (χ3n) is 4.04. The maximum Gasteiger partial charge on any atom is 0.241 e. The molecule has 1 amide bonds. The SMILES string of the molecule is CCCC1NC(c2cccs2)N(C(COC)C(C)C)C1=O. The minimum Gasteiger partial charge on any atom is -0.383 e. The van der Waals surface area contributed by atoms with E-state index in [2.05, 4.69) is 37.5 Å². The molecule has 1 saturated heterocycles. The third kappa shape index (κ3) is 3.47. The predicted molar refractivity (Wildman–Crippen MR) is 86.2 cm³/mol. The van der Waals surface area contributed by atoms with E-state index in [-0.39, 0.29) is 24.2 Å². The van der Waals surface area contributed by atoms with Gasteiger partial charge in [-0.15, -0.1) is 11.3 Å². The average Bonchev–Trinajstić information content (AvgIpc) is 3.06. The molecule has 4 nitrogen and oxygen atoms in total. The normalized spacial score (nSPS) is 24.0. The molecule has 0 bridgehead atoms. The molecule has 118 valence electrons. The number of hydrogen-bond donors (Lipinski definition) is 1. The molecule has 1 aromatic rings. The minimum absolute atomic E-state index is 0.0170. The van der Waals surface area contributed by atoms with E-state index >= 15 is 0 Å². The summed E-state index contributed by atoms with van der Waals surface area (Å²) in [6, 6.07) is 4.17. The van der Waals surface area contributed by atoms with Crippen molar-refractivity contribution in [2.45, 2.75) is 51.9 Å². The van der Waals surface area contributed by atoms with Gasteiger partial charge >= 0.3 is 0 Å². The third-order valence-corrected chi connectivity index (χ3v) is 4.97. The number of rotatable bonds is 7. The molecule has 1 aliphatic rings. The molecule has 0 radical (unpaired) electrons. The Kier molecular flexibility index (Phi) is 5.79. The monoisotopic (exact) mass is 310 g/mol. The first-order chi connectivity index (χ1) is 10.1. The van der Waals surface area contributed by atoms with Crippen molar-refractivity contribution in [3.63, 3.8) is 0 Å². The van der Waals surface area contributed by atoms with Crippen LogP contribution < -0.4 is 5.32 Å². The largest absolute Gasteiger partial charge is 0.383 e. The van der Waals surface area contributed by atoms with E-state index in [1.54, 1.807) is 18.4 Å². The van der Waals surface area contributed by atoms with Crippen LogP contribution in [-0.2, 0) is 9.53 Å². The van der Waals surface area contributed by atoms with Gasteiger partial charge in [-0.3, -0.25) is 10.1 Å². The second-order valence-corrected chi connectivity index (χ2v) is 6.92. The van der Waals surface area contributed by atoms with Crippen molar-refractivity contribution >= 4 is 17.2 Å². The molecule has 5 heteroatoms. The number of thiophene rings is 1. The summed E-state index contributed by atoms with van der Waals surface area (Å²) >= 11 is 1.70. The predicted octanol–water partition coefficient (Wildman–Crippen LogP) is 3.02. The van der Waals surface area contributed by atoms with Gasteiger partial charge in [0.15, 0.2) is 0 Å². The number of carbonyl (C=O) groups excluding carboxylic acids is 1. The fourth-order valence-electron chi connectivity index (χ4n) is 2.93. The Hall–Kier alpha value is -0.910. The topological polar surface area (TPSA) is 41.6 Å². The fourth-order valence-corrected chi connectivity index (χ4v) is 3.71. The molecule has 0 aliphatic carbocycles. The Morgan fingerprint density at radius 3 is 2.76 bits per heavy atom. The van der Waals surface area contributed by atoms with Crippen molar-refractivity contribution in [3.05, 3.63) is 22.4 Å². The van der Waals surface area contributed by atoms with Crippen LogP contribution in [0.15, 0.2) is 17.5 Å². The van der Waals surface area contributed by atoms with Crippen LogP contribution in [0.5, 0.6) is 0 Å². The van der Waals surface area contributed by atoms with Crippen molar-refractivity contribution in [1.29, 1.82) is 0 Å². The van der Waals surface area contributed by atoms with Gasteiger partial charge in [-0.25, -0.2) is 0 Å². The Bertz CT molecular complexity index is 447. The number of nitrogens with zero attached hydrogens (tertiary/aromatic N) is 1. The summed E-state index contributed by atoms with van der Waals surface area (Å²) < 4.78 is 5.37. The molecule has 21 heavy (non-hydrogen) atoms. The highest BCUT2D eigenvalue weighted by Gasteiger charge is 2.43. The van der Waals surface area contributed by atoms with Crippen LogP contribution >= 0.6 is 11.3 Å². The molecule has 0 aromatic carbocycles. The number of amides is 1. The average molecular weight is 310 g/mol. The van der Waals surface area contributed by atoms with Crippen LogP contribution in [0.25, 0.3) is 0 Å². The summed E-state index contributed by atoms with van der Waals surface area (Å²) in [7, 11) is 1.70. The summed E-state index contributed by atoms with van der Waals surface area (Å²) in [6.45, 7) is 6.99. The minimum atomic E-state index is -0.0693. The molecule has 3 atom stereocenters. The second-order valence-electron chi connectivity index (χ2n) is 5.94. The number of methoxy groups -OCH3 is 1. The Morgan fingerprint density at radius 2 is 2.24 bits per heavy atom. The first-order valence-electron chi connectivity index (χ1n) is 7.70. The first-order valence-corrected chi connectivity index (χ1v) is 8.58. The highest BCUT2D eigenvalue weighted by atomic mass is 32.1. The molecule has 3 unspecified atom stereocenters. The Morgan fingerprint density at radius 1 is 1.48 bits per heavy atom. The molecule has 0 saturated carbocycles. The molecule has 1 fully saturated rings. The van der Waals surface area contributed by atoms with Crippen molar-refractivity contribution in [2.24, 2.45) is 5.92 Å². The maximum atomic E-state index is 12.8. The van der Waals surface area contributed by atoms with Crippen LogP contribution in [0.2, 0.25) is 0 Å². The molecular weight excluding hydrogens is 284 g/mol. The first kappa shape index (κ1) is 16.5. The Labute approximate surface area is 131 Å². The van der Waals surface area contributed by atoms with E-state index in [9.17, 15) is 4.79 Å². The van der Waals surface area contributed by atoms with E-state index in [1.807, 2.05) is 11.0 Å². The van der Waals surface area contributed by atoms with Gasteiger partial charge in [-0.05, 0) is 23.8 Å². The van der Waals surface area contributed by atoms with Gasteiger partial charge in [0.2, 0.25) is 5.91 Å². The van der Waals surface area contributed by atoms with Gasteiger partial charge in [0, 0.05) is 12.0 Å².